The van der Waals surface area contributed by atoms with Crippen molar-refractivity contribution < 1.29 is 9.59 Å². The lowest BCUT2D eigenvalue weighted by molar-refractivity contribution is -0.159. The SMILES string of the molecule is CCCC(CC)N1C(=O)C(C)(CC)NC(=O)C1C(C)C. The lowest BCUT2D eigenvalue weighted by atomic mass is 9.86. The second-order valence-corrected chi connectivity index (χ2v) is 6.43. The first-order valence-corrected chi connectivity index (χ1v) is 7.97. The Balaban J connectivity index is 3.20. The Bertz CT molecular complexity index is 367. The van der Waals surface area contributed by atoms with Gasteiger partial charge < -0.3 is 10.2 Å². The number of hydrogen-bond donors (Lipinski definition) is 1. The van der Waals surface area contributed by atoms with Crippen molar-refractivity contribution in [2.75, 3.05) is 0 Å². The van der Waals surface area contributed by atoms with Crippen LogP contribution in [0.4, 0.5) is 0 Å². The van der Waals surface area contributed by atoms with Crippen molar-refractivity contribution >= 4 is 11.8 Å². The van der Waals surface area contributed by atoms with Gasteiger partial charge in [0.1, 0.15) is 11.6 Å². The van der Waals surface area contributed by atoms with E-state index in [1.807, 2.05) is 32.6 Å². The third-order valence-corrected chi connectivity index (χ3v) is 4.50. The van der Waals surface area contributed by atoms with Gasteiger partial charge in [-0.2, -0.15) is 0 Å². The zero-order valence-corrected chi connectivity index (χ0v) is 13.8. The fourth-order valence-corrected chi connectivity index (χ4v) is 3.07. The predicted octanol–water partition coefficient (Wildman–Crippen LogP) is 2.72. The van der Waals surface area contributed by atoms with Gasteiger partial charge in [0.15, 0.2) is 0 Å². The number of nitrogens with zero attached hydrogens (tertiary/aromatic N) is 1. The fourth-order valence-electron chi connectivity index (χ4n) is 3.07. The standard InChI is InChI=1S/C16H30N2O2/c1-7-10-12(8-2)18-13(11(4)5)14(19)17-16(6,9-3)15(18)20/h11-13H,7-10H2,1-6H3,(H,17,19). The Morgan fingerprint density at radius 3 is 2.25 bits per heavy atom. The minimum absolute atomic E-state index is 0.00139. The molecule has 1 rings (SSSR count). The molecule has 0 aliphatic carbocycles. The highest BCUT2D eigenvalue weighted by Crippen LogP contribution is 2.29. The average molecular weight is 282 g/mol. The van der Waals surface area contributed by atoms with Crippen LogP contribution in [0.3, 0.4) is 0 Å². The molecule has 4 nitrogen and oxygen atoms in total. The first kappa shape index (κ1) is 17.0. The van der Waals surface area contributed by atoms with Crippen LogP contribution in [0.5, 0.6) is 0 Å². The molecule has 0 bridgehead atoms. The summed E-state index contributed by atoms with van der Waals surface area (Å²) in [7, 11) is 0. The zero-order chi connectivity index (χ0) is 15.5. The highest BCUT2D eigenvalue weighted by atomic mass is 16.2. The van der Waals surface area contributed by atoms with Crippen LogP contribution in [0.2, 0.25) is 0 Å². The van der Waals surface area contributed by atoms with Crippen molar-refractivity contribution in [1.82, 2.24) is 10.2 Å². The minimum atomic E-state index is -0.746. The van der Waals surface area contributed by atoms with E-state index in [4.69, 9.17) is 0 Å². The molecule has 1 aliphatic rings. The summed E-state index contributed by atoms with van der Waals surface area (Å²) in [5.74, 6) is 0.211. The van der Waals surface area contributed by atoms with E-state index in [-0.39, 0.29) is 29.8 Å². The molecule has 0 aromatic heterocycles. The molecule has 20 heavy (non-hydrogen) atoms. The van der Waals surface area contributed by atoms with Gasteiger partial charge in [-0.1, -0.05) is 41.0 Å². The topological polar surface area (TPSA) is 49.4 Å². The van der Waals surface area contributed by atoms with Gasteiger partial charge in [0.2, 0.25) is 11.8 Å². The molecule has 0 saturated carbocycles. The van der Waals surface area contributed by atoms with Gasteiger partial charge in [0, 0.05) is 6.04 Å². The lowest BCUT2D eigenvalue weighted by Gasteiger charge is -2.48. The monoisotopic (exact) mass is 282 g/mol. The van der Waals surface area contributed by atoms with Crippen LogP contribution in [0.1, 0.15) is 67.2 Å². The maximum Gasteiger partial charge on any atom is 0.248 e. The maximum absolute atomic E-state index is 12.9. The number of nitrogens with one attached hydrogen (secondary N) is 1. The normalized spacial score (nSPS) is 28.8. The number of hydrogen-bond acceptors (Lipinski definition) is 2. The van der Waals surface area contributed by atoms with Gasteiger partial charge in [-0.3, -0.25) is 9.59 Å². The molecule has 1 heterocycles. The molecule has 1 saturated heterocycles. The minimum Gasteiger partial charge on any atom is -0.340 e. The molecule has 116 valence electrons. The van der Waals surface area contributed by atoms with Gasteiger partial charge >= 0.3 is 0 Å². The molecule has 1 aliphatic heterocycles. The molecule has 0 radical (unpaired) electrons. The molecular weight excluding hydrogens is 252 g/mol. The molecular formula is C16H30N2O2. The van der Waals surface area contributed by atoms with Gasteiger partial charge in [0.25, 0.3) is 0 Å². The average Bonchev–Trinajstić information content (AvgIpc) is 2.39. The molecule has 3 atom stereocenters. The third-order valence-electron chi connectivity index (χ3n) is 4.50. The van der Waals surface area contributed by atoms with Gasteiger partial charge in [-0.05, 0) is 32.1 Å². The third kappa shape index (κ3) is 2.99. The van der Waals surface area contributed by atoms with Crippen molar-refractivity contribution in [2.45, 2.75) is 84.8 Å². The van der Waals surface area contributed by atoms with E-state index in [2.05, 4.69) is 19.2 Å². The molecule has 0 spiro atoms. The Labute approximate surface area is 123 Å². The highest BCUT2D eigenvalue weighted by Gasteiger charge is 2.49. The largest absolute Gasteiger partial charge is 0.340 e. The second kappa shape index (κ2) is 6.59. The zero-order valence-electron chi connectivity index (χ0n) is 13.8. The van der Waals surface area contributed by atoms with Crippen LogP contribution in [-0.2, 0) is 9.59 Å². The van der Waals surface area contributed by atoms with Crippen LogP contribution in [0, 0.1) is 5.92 Å². The van der Waals surface area contributed by atoms with Gasteiger partial charge in [0.05, 0.1) is 0 Å². The van der Waals surface area contributed by atoms with E-state index in [1.54, 1.807) is 0 Å². The molecule has 1 fully saturated rings. The quantitative estimate of drug-likeness (QED) is 0.814. The van der Waals surface area contributed by atoms with Crippen molar-refractivity contribution in [3.8, 4) is 0 Å². The summed E-state index contributed by atoms with van der Waals surface area (Å²) in [6, 6.07) is -0.171. The van der Waals surface area contributed by atoms with Crippen LogP contribution in [0.15, 0.2) is 0 Å². The smallest absolute Gasteiger partial charge is 0.248 e. The Morgan fingerprint density at radius 1 is 1.25 bits per heavy atom. The summed E-state index contributed by atoms with van der Waals surface area (Å²) in [5.41, 5.74) is -0.746. The number of carbonyl (C=O) groups excluding carboxylic acids is 2. The summed E-state index contributed by atoms with van der Waals surface area (Å²) in [5, 5.41) is 2.94. The van der Waals surface area contributed by atoms with E-state index in [1.165, 1.54) is 0 Å². The molecule has 3 unspecified atom stereocenters. The van der Waals surface area contributed by atoms with Crippen LogP contribution in [0.25, 0.3) is 0 Å². The van der Waals surface area contributed by atoms with E-state index in [0.29, 0.717) is 6.42 Å². The van der Waals surface area contributed by atoms with Crippen molar-refractivity contribution in [3.05, 3.63) is 0 Å². The number of rotatable bonds is 6. The van der Waals surface area contributed by atoms with Crippen molar-refractivity contribution in [2.24, 2.45) is 5.92 Å². The van der Waals surface area contributed by atoms with Crippen LogP contribution >= 0.6 is 0 Å². The Hall–Kier alpha value is -1.06. The number of amides is 2. The molecule has 4 heteroatoms. The number of carbonyl (C=O) groups is 2. The van der Waals surface area contributed by atoms with Gasteiger partial charge in [-0.15, -0.1) is 0 Å². The fraction of sp³-hybridized carbons (Fsp3) is 0.875. The lowest BCUT2D eigenvalue weighted by Crippen LogP contribution is -2.71. The van der Waals surface area contributed by atoms with E-state index >= 15 is 0 Å². The molecule has 2 amide bonds. The summed E-state index contributed by atoms with van der Waals surface area (Å²) in [6.45, 7) is 12.0. The molecule has 1 N–H and O–H groups in total. The van der Waals surface area contributed by atoms with Crippen LogP contribution < -0.4 is 5.32 Å². The van der Waals surface area contributed by atoms with E-state index < -0.39 is 5.54 Å². The Kier molecular flexibility index (Phi) is 5.60. The maximum atomic E-state index is 12.9. The first-order valence-electron chi connectivity index (χ1n) is 7.97. The second-order valence-electron chi connectivity index (χ2n) is 6.43. The van der Waals surface area contributed by atoms with Crippen molar-refractivity contribution in [1.29, 1.82) is 0 Å². The van der Waals surface area contributed by atoms with E-state index in [0.717, 1.165) is 19.3 Å². The molecule has 0 aromatic carbocycles. The van der Waals surface area contributed by atoms with Crippen molar-refractivity contribution in [3.63, 3.8) is 0 Å². The summed E-state index contributed by atoms with van der Waals surface area (Å²) in [6.07, 6.45) is 3.51. The Morgan fingerprint density at radius 2 is 1.85 bits per heavy atom. The molecule has 0 aromatic rings. The predicted molar refractivity (Wildman–Crippen MR) is 81.3 cm³/mol. The summed E-state index contributed by atoms with van der Waals surface area (Å²) >= 11 is 0. The highest BCUT2D eigenvalue weighted by molar-refractivity contribution is 5.99. The van der Waals surface area contributed by atoms with Gasteiger partial charge in [-0.25, -0.2) is 0 Å². The summed E-state index contributed by atoms with van der Waals surface area (Å²) < 4.78 is 0. The summed E-state index contributed by atoms with van der Waals surface area (Å²) in [4.78, 5) is 27.3. The van der Waals surface area contributed by atoms with E-state index in [9.17, 15) is 9.59 Å². The van der Waals surface area contributed by atoms with Crippen LogP contribution in [-0.4, -0.2) is 34.3 Å². The number of piperazine rings is 1. The first-order chi connectivity index (χ1) is 9.32.